The van der Waals surface area contributed by atoms with E-state index < -0.39 is 0 Å². The zero-order valence-corrected chi connectivity index (χ0v) is 19.6. The van der Waals surface area contributed by atoms with Crippen molar-refractivity contribution in [2.75, 3.05) is 56.2 Å². The van der Waals surface area contributed by atoms with Crippen molar-refractivity contribution in [3.63, 3.8) is 0 Å². The van der Waals surface area contributed by atoms with Crippen molar-refractivity contribution in [2.45, 2.75) is 0 Å². The number of hydrogen-bond acceptors (Lipinski definition) is 7. The van der Waals surface area contributed by atoms with Gasteiger partial charge in [0.15, 0.2) is 0 Å². The number of carbonyl (C=O) groups excluding carboxylic acids is 1. The van der Waals surface area contributed by atoms with Crippen molar-refractivity contribution in [1.29, 1.82) is 0 Å². The quantitative estimate of drug-likeness (QED) is 0.524. The van der Waals surface area contributed by atoms with Gasteiger partial charge in [-0.3, -0.25) is 9.69 Å². The van der Waals surface area contributed by atoms with E-state index in [1.54, 1.807) is 11.0 Å². The van der Waals surface area contributed by atoms with Crippen LogP contribution in [0.3, 0.4) is 0 Å². The van der Waals surface area contributed by atoms with Gasteiger partial charge in [0.25, 0.3) is 5.91 Å². The molecule has 2 aliphatic heterocycles. The minimum absolute atomic E-state index is 0.0643. The second-order valence-corrected chi connectivity index (χ2v) is 8.76. The molecule has 2 aromatic carbocycles. The van der Waals surface area contributed by atoms with Gasteiger partial charge < -0.3 is 19.7 Å². The van der Waals surface area contributed by atoms with Crippen LogP contribution in [0.15, 0.2) is 59.4 Å². The largest absolute Gasteiger partial charge is 0.489 e. The Hall–Kier alpha value is -3.01. The molecule has 0 saturated carbocycles. The molecule has 2 aliphatic rings. The monoisotopic (exact) mass is 509 g/mol. The lowest BCUT2D eigenvalue weighted by Crippen LogP contribution is -2.38. The molecule has 170 valence electrons. The van der Waals surface area contributed by atoms with Crippen molar-refractivity contribution in [3.8, 4) is 5.75 Å². The first-order valence-corrected chi connectivity index (χ1v) is 11.7. The fraction of sp³-hybridized carbons (Fsp3) is 0.292. The fourth-order valence-corrected chi connectivity index (χ4v) is 4.37. The van der Waals surface area contributed by atoms with Gasteiger partial charge in [0, 0.05) is 47.3 Å². The van der Waals surface area contributed by atoms with Crippen LogP contribution in [0.1, 0.15) is 0 Å². The van der Waals surface area contributed by atoms with Crippen molar-refractivity contribution < 1.29 is 14.3 Å². The average Bonchev–Trinajstić information content (AvgIpc) is 2.83. The number of rotatable bonds is 5. The van der Waals surface area contributed by atoms with Gasteiger partial charge in [0.2, 0.25) is 0 Å². The van der Waals surface area contributed by atoms with E-state index in [0.717, 1.165) is 59.6 Å². The topological polar surface area (TPSA) is 79.8 Å². The molecule has 0 atom stereocenters. The summed E-state index contributed by atoms with van der Waals surface area (Å²) in [7, 11) is 0. The van der Waals surface area contributed by atoms with Crippen molar-refractivity contribution in [3.05, 3.63) is 59.4 Å². The summed E-state index contributed by atoms with van der Waals surface area (Å²) in [6.07, 6.45) is 5.10. The van der Waals surface area contributed by atoms with E-state index in [9.17, 15) is 4.79 Å². The van der Waals surface area contributed by atoms with Crippen molar-refractivity contribution in [1.82, 2.24) is 14.9 Å². The maximum absolute atomic E-state index is 13.0. The Balaban J connectivity index is 1.41. The Labute approximate surface area is 200 Å². The number of halogens is 1. The van der Waals surface area contributed by atoms with Crippen molar-refractivity contribution >= 4 is 49.9 Å². The van der Waals surface area contributed by atoms with Crippen molar-refractivity contribution in [2.24, 2.45) is 0 Å². The normalized spacial score (nSPS) is 16.6. The van der Waals surface area contributed by atoms with Crippen LogP contribution in [0.5, 0.6) is 5.75 Å². The first-order valence-electron chi connectivity index (χ1n) is 10.9. The lowest BCUT2D eigenvalue weighted by molar-refractivity contribution is -0.114. The Morgan fingerprint density at radius 2 is 2.00 bits per heavy atom. The summed E-state index contributed by atoms with van der Waals surface area (Å²) in [5.41, 5.74) is 2.37. The van der Waals surface area contributed by atoms with Crippen LogP contribution in [0, 0.1) is 0 Å². The molecule has 3 heterocycles. The molecule has 3 aromatic rings. The highest BCUT2D eigenvalue weighted by Gasteiger charge is 2.24. The zero-order valence-electron chi connectivity index (χ0n) is 18.0. The van der Waals surface area contributed by atoms with E-state index in [4.69, 9.17) is 9.47 Å². The lowest BCUT2D eigenvalue weighted by Gasteiger charge is -2.29. The third-order valence-corrected chi connectivity index (χ3v) is 6.15. The third kappa shape index (κ3) is 5.00. The number of benzene rings is 2. The van der Waals surface area contributed by atoms with Crippen LogP contribution < -0.4 is 15.0 Å². The number of fused-ring (bicyclic) bond motifs is 2. The molecule has 0 radical (unpaired) electrons. The van der Waals surface area contributed by atoms with Crippen LogP contribution >= 0.6 is 15.9 Å². The van der Waals surface area contributed by atoms with E-state index in [2.05, 4.69) is 36.1 Å². The second kappa shape index (κ2) is 9.86. The third-order valence-electron chi connectivity index (χ3n) is 5.66. The minimum atomic E-state index is -0.0643. The van der Waals surface area contributed by atoms with E-state index in [0.29, 0.717) is 24.7 Å². The number of morpholine rings is 1. The van der Waals surface area contributed by atoms with E-state index in [-0.39, 0.29) is 5.91 Å². The number of nitrogens with zero attached hydrogens (tertiary/aromatic N) is 4. The lowest BCUT2D eigenvalue weighted by atomic mass is 10.1. The summed E-state index contributed by atoms with van der Waals surface area (Å²) < 4.78 is 12.2. The standard InChI is InChI=1S/C24H24BrN5O3/c25-17-3-1-4-18(13-17)28-24-19-14-21-22(15-20(19)26-16-27-24)33-12-9-30(21)23(31)5-2-6-29-7-10-32-11-8-29/h1-5,13-16H,6-12H2,(H,26,27,28)/b5-2+. The SMILES string of the molecule is O=C(/C=C/CN1CCOCC1)N1CCOc2cc3ncnc(Nc4cccc(Br)c4)c3cc21. The molecule has 5 rings (SSSR count). The van der Waals surface area contributed by atoms with Crippen LogP contribution in [-0.2, 0) is 9.53 Å². The molecule has 0 bridgehead atoms. The van der Waals surface area contributed by atoms with Gasteiger partial charge in [-0.15, -0.1) is 0 Å². The maximum atomic E-state index is 13.0. The first kappa shape index (κ1) is 21.8. The molecule has 8 nitrogen and oxygen atoms in total. The van der Waals surface area contributed by atoms with Gasteiger partial charge in [0.1, 0.15) is 24.5 Å². The van der Waals surface area contributed by atoms with Gasteiger partial charge >= 0.3 is 0 Å². The molecule has 9 heteroatoms. The predicted molar refractivity (Wildman–Crippen MR) is 131 cm³/mol. The summed E-state index contributed by atoms with van der Waals surface area (Å²) in [5.74, 6) is 1.25. The van der Waals surface area contributed by atoms with Gasteiger partial charge in [-0.1, -0.05) is 28.1 Å². The van der Waals surface area contributed by atoms with E-state index >= 15 is 0 Å². The second-order valence-electron chi connectivity index (χ2n) is 7.85. The number of amides is 1. The molecule has 1 amide bonds. The highest BCUT2D eigenvalue weighted by Crippen LogP contribution is 2.37. The Bertz CT molecular complexity index is 1200. The fourth-order valence-electron chi connectivity index (χ4n) is 3.97. The minimum Gasteiger partial charge on any atom is -0.489 e. The van der Waals surface area contributed by atoms with Crippen LogP contribution in [-0.4, -0.2) is 66.8 Å². The summed E-state index contributed by atoms with van der Waals surface area (Å²) in [5, 5.41) is 4.17. The van der Waals surface area contributed by atoms with Crippen LogP contribution in [0.2, 0.25) is 0 Å². The van der Waals surface area contributed by atoms with Crippen LogP contribution in [0.25, 0.3) is 10.9 Å². The summed E-state index contributed by atoms with van der Waals surface area (Å²) in [4.78, 5) is 25.9. The molecule has 1 saturated heterocycles. The molecule has 1 N–H and O–H groups in total. The van der Waals surface area contributed by atoms with Gasteiger partial charge in [-0.05, 0) is 24.3 Å². The molecule has 1 fully saturated rings. The molecule has 0 spiro atoms. The van der Waals surface area contributed by atoms with Crippen LogP contribution in [0.4, 0.5) is 17.2 Å². The Kier molecular flexibility index (Phi) is 6.52. The highest BCUT2D eigenvalue weighted by molar-refractivity contribution is 9.10. The average molecular weight is 510 g/mol. The Morgan fingerprint density at radius 1 is 1.12 bits per heavy atom. The molecular formula is C24H24BrN5O3. The summed E-state index contributed by atoms with van der Waals surface area (Å²) >= 11 is 3.50. The van der Waals surface area contributed by atoms with Gasteiger partial charge in [0.05, 0.1) is 31.0 Å². The smallest absolute Gasteiger partial charge is 0.250 e. The summed E-state index contributed by atoms with van der Waals surface area (Å²) in [6.45, 7) is 4.92. The maximum Gasteiger partial charge on any atom is 0.250 e. The molecule has 0 unspecified atom stereocenters. The molecular weight excluding hydrogens is 486 g/mol. The highest BCUT2D eigenvalue weighted by atomic mass is 79.9. The summed E-state index contributed by atoms with van der Waals surface area (Å²) in [6, 6.07) is 11.7. The first-order chi connectivity index (χ1) is 16.2. The van der Waals surface area contributed by atoms with E-state index in [1.165, 1.54) is 6.33 Å². The Morgan fingerprint density at radius 3 is 2.85 bits per heavy atom. The molecule has 0 aliphatic carbocycles. The number of ether oxygens (including phenoxy) is 2. The molecule has 33 heavy (non-hydrogen) atoms. The number of anilines is 3. The molecule has 1 aromatic heterocycles. The zero-order chi connectivity index (χ0) is 22.6. The van der Waals surface area contributed by atoms with Gasteiger partial charge in [-0.2, -0.15) is 0 Å². The number of hydrogen-bond donors (Lipinski definition) is 1. The number of nitrogens with one attached hydrogen (secondary N) is 1. The van der Waals surface area contributed by atoms with E-state index in [1.807, 2.05) is 42.5 Å². The number of carbonyl (C=O) groups is 1. The van der Waals surface area contributed by atoms with Gasteiger partial charge in [-0.25, -0.2) is 9.97 Å². The predicted octanol–water partition coefficient (Wildman–Crippen LogP) is 3.75. The number of aromatic nitrogens is 2.